The molecule has 1 aliphatic rings. The van der Waals surface area contributed by atoms with Crippen LogP contribution in [0, 0.1) is 5.92 Å². The second kappa shape index (κ2) is 2.65. The van der Waals surface area contributed by atoms with E-state index in [4.69, 9.17) is 5.11 Å². The molecular formula is C7H13FO. The van der Waals surface area contributed by atoms with Gasteiger partial charge in [0.2, 0.25) is 0 Å². The van der Waals surface area contributed by atoms with E-state index < -0.39 is 6.17 Å². The Morgan fingerprint density at radius 3 is 2.44 bits per heavy atom. The van der Waals surface area contributed by atoms with Crippen LogP contribution < -0.4 is 0 Å². The molecule has 2 heteroatoms. The molecule has 0 amide bonds. The third kappa shape index (κ3) is 1.42. The fraction of sp³-hybridized carbons (Fsp3) is 1.00. The van der Waals surface area contributed by atoms with Gasteiger partial charge in [-0.1, -0.05) is 6.42 Å². The molecule has 54 valence electrons. The fourth-order valence-electron chi connectivity index (χ4n) is 1.50. The summed E-state index contributed by atoms with van der Waals surface area (Å²) in [6.45, 7) is 1.53. The Bertz CT molecular complexity index is 92.9. The normalized spacial score (nSPS) is 39.0. The first-order chi connectivity index (χ1) is 4.22. The molecule has 3 unspecified atom stereocenters. The minimum atomic E-state index is -0.831. The molecule has 0 aliphatic heterocycles. The summed E-state index contributed by atoms with van der Waals surface area (Å²) in [5, 5.41) is 9.12. The topological polar surface area (TPSA) is 20.2 Å². The van der Waals surface area contributed by atoms with Crippen LogP contribution in [0.4, 0.5) is 4.39 Å². The summed E-state index contributed by atoms with van der Waals surface area (Å²) >= 11 is 0. The van der Waals surface area contributed by atoms with Crippen molar-refractivity contribution in [3.05, 3.63) is 0 Å². The van der Waals surface area contributed by atoms with Crippen LogP contribution in [0.1, 0.15) is 26.2 Å². The van der Waals surface area contributed by atoms with Crippen LogP contribution in [0.2, 0.25) is 0 Å². The number of hydrogen-bond acceptors (Lipinski definition) is 1. The maximum atomic E-state index is 12.5. The van der Waals surface area contributed by atoms with Crippen molar-refractivity contribution in [1.29, 1.82) is 0 Å². The molecule has 3 atom stereocenters. The van der Waals surface area contributed by atoms with E-state index >= 15 is 0 Å². The number of aliphatic hydroxyl groups is 1. The Balaban J connectivity index is 2.40. The monoisotopic (exact) mass is 132 g/mol. The number of hydrogen-bond donors (Lipinski definition) is 1. The summed E-state index contributed by atoms with van der Waals surface area (Å²) < 4.78 is 12.5. The van der Waals surface area contributed by atoms with E-state index in [1.807, 2.05) is 0 Å². The minimum Gasteiger partial charge on any atom is -0.393 e. The zero-order valence-corrected chi connectivity index (χ0v) is 5.68. The summed E-state index contributed by atoms with van der Waals surface area (Å²) in [5.74, 6) is -0.0787. The number of aliphatic hydroxyl groups excluding tert-OH is 1. The average molecular weight is 132 g/mol. The minimum absolute atomic E-state index is 0.0787. The maximum Gasteiger partial charge on any atom is 0.103 e. The van der Waals surface area contributed by atoms with E-state index in [2.05, 4.69) is 0 Å². The standard InChI is InChI=1S/C7H13FO/c1-5(8)6-3-2-4-7(6)9/h5-7,9H,2-4H2,1H3. The van der Waals surface area contributed by atoms with Gasteiger partial charge in [0.15, 0.2) is 0 Å². The van der Waals surface area contributed by atoms with Gasteiger partial charge < -0.3 is 5.11 Å². The molecule has 0 spiro atoms. The van der Waals surface area contributed by atoms with Crippen molar-refractivity contribution in [1.82, 2.24) is 0 Å². The van der Waals surface area contributed by atoms with Crippen LogP contribution >= 0.6 is 0 Å². The van der Waals surface area contributed by atoms with E-state index in [1.54, 1.807) is 0 Å². The molecule has 0 bridgehead atoms. The first-order valence-electron chi connectivity index (χ1n) is 3.54. The van der Waals surface area contributed by atoms with Crippen molar-refractivity contribution in [3.8, 4) is 0 Å². The molecule has 1 fully saturated rings. The zero-order chi connectivity index (χ0) is 6.85. The van der Waals surface area contributed by atoms with Gasteiger partial charge in [-0.15, -0.1) is 0 Å². The molecule has 0 radical (unpaired) electrons. The molecule has 0 heterocycles. The summed E-state index contributed by atoms with van der Waals surface area (Å²) in [5.41, 5.74) is 0. The molecule has 1 aliphatic carbocycles. The van der Waals surface area contributed by atoms with Crippen molar-refractivity contribution in [3.63, 3.8) is 0 Å². The predicted octanol–water partition coefficient (Wildman–Crippen LogP) is 1.51. The lowest BCUT2D eigenvalue weighted by Gasteiger charge is -2.14. The van der Waals surface area contributed by atoms with E-state index in [1.165, 1.54) is 6.92 Å². The van der Waals surface area contributed by atoms with Crippen LogP contribution in [-0.4, -0.2) is 17.4 Å². The molecule has 1 nitrogen and oxygen atoms in total. The fourth-order valence-corrected chi connectivity index (χ4v) is 1.50. The lowest BCUT2D eigenvalue weighted by molar-refractivity contribution is 0.0858. The Kier molecular flexibility index (Phi) is 2.06. The first kappa shape index (κ1) is 7.00. The van der Waals surface area contributed by atoms with E-state index in [-0.39, 0.29) is 12.0 Å². The largest absolute Gasteiger partial charge is 0.393 e. The van der Waals surface area contributed by atoms with Crippen molar-refractivity contribution in [2.75, 3.05) is 0 Å². The smallest absolute Gasteiger partial charge is 0.103 e. The van der Waals surface area contributed by atoms with Gasteiger partial charge in [-0.3, -0.25) is 0 Å². The Morgan fingerprint density at radius 2 is 2.22 bits per heavy atom. The average Bonchev–Trinajstić information content (AvgIpc) is 2.13. The molecule has 0 aromatic carbocycles. The predicted molar refractivity (Wildman–Crippen MR) is 33.9 cm³/mol. The van der Waals surface area contributed by atoms with Crippen LogP contribution in [0.15, 0.2) is 0 Å². The van der Waals surface area contributed by atoms with Crippen molar-refractivity contribution in [2.24, 2.45) is 5.92 Å². The Labute approximate surface area is 54.9 Å². The lowest BCUT2D eigenvalue weighted by Crippen LogP contribution is -2.21. The van der Waals surface area contributed by atoms with Crippen molar-refractivity contribution >= 4 is 0 Å². The van der Waals surface area contributed by atoms with Gasteiger partial charge in [-0.2, -0.15) is 0 Å². The summed E-state index contributed by atoms with van der Waals surface area (Å²) in [4.78, 5) is 0. The quantitative estimate of drug-likeness (QED) is 0.573. The molecular weight excluding hydrogens is 119 g/mol. The highest BCUT2D eigenvalue weighted by molar-refractivity contribution is 4.79. The molecule has 0 saturated heterocycles. The molecule has 1 rings (SSSR count). The van der Waals surface area contributed by atoms with Gasteiger partial charge in [-0.25, -0.2) is 4.39 Å². The van der Waals surface area contributed by atoms with Gasteiger partial charge in [0.05, 0.1) is 6.10 Å². The Hall–Kier alpha value is -0.110. The third-order valence-corrected chi connectivity index (χ3v) is 2.12. The van der Waals surface area contributed by atoms with Crippen LogP contribution in [0.5, 0.6) is 0 Å². The highest BCUT2D eigenvalue weighted by Crippen LogP contribution is 2.29. The van der Waals surface area contributed by atoms with Gasteiger partial charge >= 0.3 is 0 Å². The van der Waals surface area contributed by atoms with E-state index in [9.17, 15) is 4.39 Å². The molecule has 1 N–H and O–H groups in total. The maximum absolute atomic E-state index is 12.5. The molecule has 0 aromatic heterocycles. The summed E-state index contributed by atoms with van der Waals surface area (Å²) in [6.07, 6.45) is 1.44. The Morgan fingerprint density at radius 1 is 1.56 bits per heavy atom. The number of halogens is 1. The van der Waals surface area contributed by atoms with Gasteiger partial charge in [0.1, 0.15) is 6.17 Å². The second-order valence-corrected chi connectivity index (χ2v) is 2.84. The van der Waals surface area contributed by atoms with Crippen LogP contribution in [0.25, 0.3) is 0 Å². The van der Waals surface area contributed by atoms with Gasteiger partial charge in [0, 0.05) is 5.92 Å². The molecule has 9 heavy (non-hydrogen) atoms. The number of rotatable bonds is 1. The molecule has 1 saturated carbocycles. The zero-order valence-electron chi connectivity index (χ0n) is 5.68. The number of alkyl halides is 1. The van der Waals surface area contributed by atoms with Gasteiger partial charge in [0.25, 0.3) is 0 Å². The van der Waals surface area contributed by atoms with Gasteiger partial charge in [-0.05, 0) is 19.8 Å². The highest BCUT2D eigenvalue weighted by atomic mass is 19.1. The second-order valence-electron chi connectivity index (χ2n) is 2.84. The summed E-state index contributed by atoms with van der Waals surface area (Å²) in [7, 11) is 0. The SMILES string of the molecule is CC(F)C1CCCC1O. The first-order valence-corrected chi connectivity index (χ1v) is 3.54. The third-order valence-electron chi connectivity index (χ3n) is 2.12. The van der Waals surface area contributed by atoms with E-state index in [0.717, 1.165) is 19.3 Å². The van der Waals surface area contributed by atoms with Crippen molar-refractivity contribution in [2.45, 2.75) is 38.5 Å². The van der Waals surface area contributed by atoms with Crippen LogP contribution in [-0.2, 0) is 0 Å². The lowest BCUT2D eigenvalue weighted by atomic mass is 10.0. The van der Waals surface area contributed by atoms with E-state index in [0.29, 0.717) is 0 Å². The van der Waals surface area contributed by atoms with Crippen LogP contribution in [0.3, 0.4) is 0 Å². The summed E-state index contributed by atoms with van der Waals surface area (Å²) in [6, 6.07) is 0. The molecule has 0 aromatic rings. The highest BCUT2D eigenvalue weighted by Gasteiger charge is 2.29. The van der Waals surface area contributed by atoms with Crippen molar-refractivity contribution < 1.29 is 9.50 Å².